The number of carbonyl (C=O) groups is 1. The van der Waals surface area contributed by atoms with Crippen LogP contribution in [0.5, 0.6) is 5.75 Å². The summed E-state index contributed by atoms with van der Waals surface area (Å²) in [6, 6.07) is 13.8. The van der Waals surface area contributed by atoms with E-state index in [0.717, 1.165) is 16.5 Å². The highest BCUT2D eigenvalue weighted by atomic mass is 16.5. The summed E-state index contributed by atoms with van der Waals surface area (Å²) in [5, 5.41) is 11.1. The number of aromatic nitrogens is 2. The van der Waals surface area contributed by atoms with Crippen molar-refractivity contribution in [3.8, 4) is 5.75 Å². The predicted octanol–water partition coefficient (Wildman–Crippen LogP) is 3.22. The van der Waals surface area contributed by atoms with Gasteiger partial charge in [0.05, 0.1) is 11.3 Å². The zero-order valence-electron chi connectivity index (χ0n) is 12.0. The number of fused-ring (bicyclic) bond motifs is 1. The second kappa shape index (κ2) is 5.81. The number of aromatic carboxylic acids is 1. The van der Waals surface area contributed by atoms with Crippen LogP contribution in [0.25, 0.3) is 10.8 Å². The summed E-state index contributed by atoms with van der Waals surface area (Å²) in [5.41, 5.74) is 0.535. The van der Waals surface area contributed by atoms with E-state index in [4.69, 9.17) is 9.84 Å². The Bertz CT molecular complexity index is 841. The van der Waals surface area contributed by atoms with E-state index < -0.39 is 5.97 Å². The van der Waals surface area contributed by atoms with E-state index in [0.29, 0.717) is 11.5 Å². The van der Waals surface area contributed by atoms with E-state index in [1.807, 2.05) is 42.5 Å². The summed E-state index contributed by atoms with van der Waals surface area (Å²) < 4.78 is 5.79. The normalized spacial score (nSPS) is 10.6. The van der Waals surface area contributed by atoms with Crippen molar-refractivity contribution in [1.29, 1.82) is 0 Å². The van der Waals surface area contributed by atoms with Gasteiger partial charge in [-0.05, 0) is 18.4 Å². The molecule has 1 aromatic heterocycles. The number of rotatable bonds is 4. The average Bonchev–Trinajstić information content (AvgIpc) is 2.52. The van der Waals surface area contributed by atoms with Crippen molar-refractivity contribution in [1.82, 2.24) is 9.97 Å². The molecule has 5 heteroatoms. The van der Waals surface area contributed by atoms with Gasteiger partial charge in [0.15, 0.2) is 5.82 Å². The third kappa shape index (κ3) is 2.74. The molecule has 0 aliphatic heterocycles. The van der Waals surface area contributed by atoms with Crippen molar-refractivity contribution in [3.05, 3.63) is 65.7 Å². The van der Waals surface area contributed by atoms with Gasteiger partial charge in [0.25, 0.3) is 0 Å². The molecular formula is C17H14N2O3. The highest BCUT2D eigenvalue weighted by Gasteiger charge is 2.10. The largest absolute Gasteiger partial charge is 0.485 e. The average molecular weight is 294 g/mol. The Kier molecular flexibility index (Phi) is 3.70. The Balaban J connectivity index is 1.82. The molecule has 3 rings (SSSR count). The highest BCUT2D eigenvalue weighted by molar-refractivity contribution is 5.88. The van der Waals surface area contributed by atoms with E-state index in [1.54, 1.807) is 6.92 Å². The van der Waals surface area contributed by atoms with Crippen molar-refractivity contribution in [3.63, 3.8) is 0 Å². The molecule has 0 fully saturated rings. The lowest BCUT2D eigenvalue weighted by molar-refractivity contribution is 0.0695. The third-order valence-electron chi connectivity index (χ3n) is 3.37. The minimum Gasteiger partial charge on any atom is -0.485 e. The first-order valence-electron chi connectivity index (χ1n) is 6.81. The number of carboxylic acids is 1. The molecule has 1 heterocycles. The minimum atomic E-state index is -1.03. The smallest absolute Gasteiger partial charge is 0.339 e. The first-order chi connectivity index (χ1) is 10.6. The summed E-state index contributed by atoms with van der Waals surface area (Å²) >= 11 is 0. The van der Waals surface area contributed by atoms with E-state index in [1.165, 1.54) is 6.20 Å². The Hall–Kier alpha value is -2.95. The van der Waals surface area contributed by atoms with E-state index in [-0.39, 0.29) is 12.2 Å². The first-order valence-corrected chi connectivity index (χ1v) is 6.81. The van der Waals surface area contributed by atoms with Crippen LogP contribution in [0.15, 0.2) is 48.7 Å². The number of hydrogen-bond donors (Lipinski definition) is 1. The lowest BCUT2D eigenvalue weighted by Crippen LogP contribution is -2.08. The van der Waals surface area contributed by atoms with Gasteiger partial charge in [-0.25, -0.2) is 14.8 Å². The van der Waals surface area contributed by atoms with Gasteiger partial charge in [-0.1, -0.05) is 36.4 Å². The zero-order chi connectivity index (χ0) is 15.5. The monoisotopic (exact) mass is 294 g/mol. The van der Waals surface area contributed by atoms with E-state index in [2.05, 4.69) is 9.97 Å². The molecule has 0 amide bonds. The number of carboxylic acid groups (broad SMARTS) is 1. The number of aryl methyl sites for hydroxylation is 1. The van der Waals surface area contributed by atoms with Gasteiger partial charge >= 0.3 is 5.97 Å². The summed E-state index contributed by atoms with van der Waals surface area (Å²) in [5.74, 6) is 0.177. The summed E-state index contributed by atoms with van der Waals surface area (Å²) in [6.45, 7) is 1.83. The molecule has 0 radical (unpaired) electrons. The van der Waals surface area contributed by atoms with Crippen molar-refractivity contribution in [2.75, 3.05) is 0 Å². The topological polar surface area (TPSA) is 72.3 Å². The van der Waals surface area contributed by atoms with Gasteiger partial charge in [-0.3, -0.25) is 0 Å². The van der Waals surface area contributed by atoms with Crippen LogP contribution in [0.3, 0.4) is 0 Å². The van der Waals surface area contributed by atoms with Crippen LogP contribution in [0.2, 0.25) is 0 Å². The second-order valence-corrected chi connectivity index (χ2v) is 4.86. The van der Waals surface area contributed by atoms with Gasteiger partial charge in [0.1, 0.15) is 12.4 Å². The molecule has 0 spiro atoms. The molecule has 5 nitrogen and oxygen atoms in total. The number of benzene rings is 2. The molecule has 1 N–H and O–H groups in total. The van der Waals surface area contributed by atoms with Crippen molar-refractivity contribution >= 4 is 16.7 Å². The van der Waals surface area contributed by atoms with Crippen molar-refractivity contribution in [2.45, 2.75) is 13.5 Å². The second-order valence-electron chi connectivity index (χ2n) is 4.86. The Labute approximate surface area is 127 Å². The van der Waals surface area contributed by atoms with Crippen LogP contribution >= 0.6 is 0 Å². The maximum absolute atomic E-state index is 10.9. The zero-order valence-corrected chi connectivity index (χ0v) is 12.0. The van der Waals surface area contributed by atoms with Gasteiger partial charge in [0.2, 0.25) is 0 Å². The van der Waals surface area contributed by atoms with E-state index >= 15 is 0 Å². The van der Waals surface area contributed by atoms with Crippen LogP contribution in [-0.2, 0) is 6.61 Å². The molecule has 0 bridgehead atoms. The van der Waals surface area contributed by atoms with Gasteiger partial charge in [0, 0.05) is 11.6 Å². The minimum absolute atomic E-state index is 0.105. The van der Waals surface area contributed by atoms with Gasteiger partial charge in [-0.15, -0.1) is 0 Å². The fourth-order valence-electron chi connectivity index (χ4n) is 2.26. The number of hydrogen-bond acceptors (Lipinski definition) is 4. The first kappa shape index (κ1) is 14.0. The van der Waals surface area contributed by atoms with Gasteiger partial charge in [-0.2, -0.15) is 0 Å². The molecule has 110 valence electrons. The molecule has 0 unspecified atom stereocenters. The summed E-state index contributed by atoms with van der Waals surface area (Å²) in [6.07, 6.45) is 1.31. The Morgan fingerprint density at radius 2 is 1.95 bits per heavy atom. The molecule has 2 aromatic carbocycles. The number of ether oxygens (including phenoxy) is 1. The summed E-state index contributed by atoms with van der Waals surface area (Å²) in [7, 11) is 0. The Morgan fingerprint density at radius 3 is 2.73 bits per heavy atom. The molecule has 3 aromatic rings. The molecule has 0 atom stereocenters. The summed E-state index contributed by atoms with van der Waals surface area (Å²) in [4.78, 5) is 19.2. The lowest BCUT2D eigenvalue weighted by atomic mass is 10.1. The van der Waals surface area contributed by atoms with Crippen LogP contribution < -0.4 is 4.74 Å². The fourth-order valence-corrected chi connectivity index (χ4v) is 2.26. The Morgan fingerprint density at radius 1 is 1.18 bits per heavy atom. The van der Waals surface area contributed by atoms with Crippen LogP contribution in [0.1, 0.15) is 21.9 Å². The fraction of sp³-hybridized carbons (Fsp3) is 0.118. The van der Waals surface area contributed by atoms with Crippen molar-refractivity contribution < 1.29 is 14.6 Å². The predicted molar refractivity (Wildman–Crippen MR) is 82.0 cm³/mol. The van der Waals surface area contributed by atoms with Crippen LogP contribution in [-0.4, -0.2) is 21.0 Å². The lowest BCUT2D eigenvalue weighted by Gasteiger charge is -2.09. The molecule has 0 aliphatic rings. The standard InChI is InChI=1S/C17H14N2O3/c1-11-14(17(20)21)9-18-16(19-11)10-22-15-8-4-6-12-5-2-3-7-13(12)15/h2-9H,10H2,1H3,(H,20,21). The van der Waals surface area contributed by atoms with Gasteiger partial charge < -0.3 is 9.84 Å². The maximum Gasteiger partial charge on any atom is 0.339 e. The molecule has 22 heavy (non-hydrogen) atoms. The van der Waals surface area contributed by atoms with Crippen molar-refractivity contribution in [2.24, 2.45) is 0 Å². The molecule has 0 saturated carbocycles. The molecule has 0 aliphatic carbocycles. The number of nitrogens with zero attached hydrogens (tertiary/aromatic N) is 2. The van der Waals surface area contributed by atoms with Crippen LogP contribution in [0, 0.1) is 6.92 Å². The van der Waals surface area contributed by atoms with E-state index in [9.17, 15) is 4.79 Å². The SMILES string of the molecule is Cc1nc(COc2cccc3ccccc23)ncc1C(=O)O. The van der Waals surface area contributed by atoms with Crippen LogP contribution in [0.4, 0.5) is 0 Å². The quantitative estimate of drug-likeness (QED) is 0.800. The molecular weight excluding hydrogens is 280 g/mol. The maximum atomic E-state index is 10.9. The highest BCUT2D eigenvalue weighted by Crippen LogP contribution is 2.25. The molecule has 0 saturated heterocycles. The third-order valence-corrected chi connectivity index (χ3v) is 3.37.